The summed E-state index contributed by atoms with van der Waals surface area (Å²) in [5.41, 5.74) is -2.70. The van der Waals surface area contributed by atoms with Gasteiger partial charge < -0.3 is 20.6 Å². The smallest absolute Gasteiger partial charge is 0.143 e. The third kappa shape index (κ3) is 2.97. The number of hydrogen-bond donors (Lipinski definition) is 4. The Bertz CT molecular complexity index is 594. The van der Waals surface area contributed by atoms with Gasteiger partial charge in [0.15, 0.2) is 0 Å². The second-order valence-electron chi connectivity index (χ2n) is 9.01. The lowest BCUT2D eigenvalue weighted by atomic mass is 9.54. The van der Waals surface area contributed by atoms with Gasteiger partial charge in [0, 0.05) is 5.92 Å². The Labute approximate surface area is 156 Å². The molecule has 148 valence electrons. The Morgan fingerprint density at radius 3 is 2.58 bits per heavy atom. The zero-order chi connectivity index (χ0) is 19.2. The molecule has 2 fully saturated rings. The van der Waals surface area contributed by atoms with E-state index in [-0.39, 0.29) is 23.7 Å². The fraction of sp³-hybridized carbons (Fsp3) is 0.810. The first-order valence-corrected chi connectivity index (χ1v) is 9.95. The van der Waals surface area contributed by atoms with Crippen molar-refractivity contribution < 1.29 is 19.7 Å². The summed E-state index contributed by atoms with van der Waals surface area (Å²) in [5, 5.41) is 35.5. The molecular formula is C21H34FNO3. The quantitative estimate of drug-likeness (QED) is 0.497. The Balaban J connectivity index is 0.000000613. The van der Waals surface area contributed by atoms with Gasteiger partial charge in [-0.1, -0.05) is 24.6 Å². The van der Waals surface area contributed by atoms with Crippen LogP contribution in [0, 0.1) is 17.3 Å². The molecule has 0 aromatic rings. The summed E-state index contributed by atoms with van der Waals surface area (Å²) < 4.78 is 15.1. The first-order valence-electron chi connectivity index (χ1n) is 9.95. The summed E-state index contributed by atoms with van der Waals surface area (Å²) >= 11 is 0. The van der Waals surface area contributed by atoms with Gasteiger partial charge in [-0.3, -0.25) is 0 Å². The second-order valence-corrected chi connectivity index (χ2v) is 9.01. The predicted molar refractivity (Wildman–Crippen MR) is 100 cm³/mol. The first kappa shape index (κ1) is 20.0. The van der Waals surface area contributed by atoms with E-state index < -0.39 is 23.5 Å². The standard InChI is InChI=1S/C19H27FO3.C2H7N/c1-17-7-2-3-15(17)18(22)8-6-12-4-5-14(21)9-13(12)10-19(18,23)16(20)11-17;1-3-2/h2,7,10,12,14-16,21-23H,3-6,8-9,11H2,1H3;3H,1-2H3/t12?,14?,15?,16?,17?,18-,19?;/m0./s1. The monoisotopic (exact) mass is 367 g/mol. The molecular weight excluding hydrogens is 333 g/mol. The first-order chi connectivity index (χ1) is 12.2. The number of hydrogen-bond acceptors (Lipinski definition) is 4. The van der Waals surface area contributed by atoms with Gasteiger partial charge in [-0.2, -0.15) is 0 Å². The molecule has 26 heavy (non-hydrogen) atoms. The SMILES string of the molecule is CC12C=CCC1[C@@]1(O)CCC3CCC(O)CC3=CC1(O)C(F)C2.CNC. The number of aliphatic hydroxyl groups is 3. The fourth-order valence-corrected chi connectivity index (χ4v) is 5.79. The molecule has 0 aromatic carbocycles. The minimum atomic E-state index is -1.83. The van der Waals surface area contributed by atoms with Crippen molar-refractivity contribution in [3.05, 3.63) is 23.8 Å². The zero-order valence-electron chi connectivity index (χ0n) is 16.2. The average molecular weight is 368 g/mol. The molecule has 0 amide bonds. The zero-order valence-corrected chi connectivity index (χ0v) is 16.2. The van der Waals surface area contributed by atoms with Gasteiger partial charge in [0.1, 0.15) is 17.4 Å². The van der Waals surface area contributed by atoms with Crippen LogP contribution in [-0.2, 0) is 0 Å². The van der Waals surface area contributed by atoms with Gasteiger partial charge in [-0.25, -0.2) is 4.39 Å². The maximum absolute atomic E-state index is 15.1. The van der Waals surface area contributed by atoms with Crippen LogP contribution in [-0.4, -0.2) is 52.9 Å². The van der Waals surface area contributed by atoms with Crippen LogP contribution in [0.25, 0.3) is 0 Å². The summed E-state index contributed by atoms with van der Waals surface area (Å²) in [4.78, 5) is 0. The number of alkyl halides is 1. The summed E-state index contributed by atoms with van der Waals surface area (Å²) in [5.74, 6) is 0.110. The van der Waals surface area contributed by atoms with E-state index in [0.29, 0.717) is 19.3 Å². The van der Waals surface area contributed by atoms with Crippen molar-refractivity contribution in [2.75, 3.05) is 14.1 Å². The summed E-state index contributed by atoms with van der Waals surface area (Å²) in [7, 11) is 3.75. The average Bonchev–Trinajstić information content (AvgIpc) is 2.90. The van der Waals surface area contributed by atoms with E-state index in [1.54, 1.807) is 6.08 Å². The molecule has 4 aliphatic rings. The normalized spacial score (nSPS) is 49.7. The van der Waals surface area contributed by atoms with Crippen molar-refractivity contribution in [1.29, 1.82) is 0 Å². The fourth-order valence-electron chi connectivity index (χ4n) is 5.79. The molecule has 4 rings (SSSR count). The number of nitrogens with one attached hydrogen (secondary N) is 1. The molecule has 4 N–H and O–H groups in total. The number of fused-ring (bicyclic) bond motifs is 4. The molecule has 0 spiro atoms. The summed E-state index contributed by atoms with van der Waals surface area (Å²) in [6.45, 7) is 2.00. The van der Waals surface area contributed by atoms with E-state index in [2.05, 4.69) is 5.32 Å². The van der Waals surface area contributed by atoms with Crippen LogP contribution in [0.4, 0.5) is 4.39 Å². The minimum absolute atomic E-state index is 0.145. The minimum Gasteiger partial charge on any atom is -0.393 e. The number of rotatable bonds is 0. The molecule has 0 bridgehead atoms. The van der Waals surface area contributed by atoms with Crippen molar-refractivity contribution in [2.24, 2.45) is 17.3 Å². The van der Waals surface area contributed by atoms with Crippen molar-refractivity contribution in [1.82, 2.24) is 5.32 Å². The van der Waals surface area contributed by atoms with E-state index >= 15 is 4.39 Å². The van der Waals surface area contributed by atoms with Crippen molar-refractivity contribution in [3.8, 4) is 0 Å². The van der Waals surface area contributed by atoms with Gasteiger partial charge in [-0.15, -0.1) is 0 Å². The van der Waals surface area contributed by atoms with Crippen LogP contribution >= 0.6 is 0 Å². The number of halogens is 1. The molecule has 0 saturated heterocycles. The van der Waals surface area contributed by atoms with E-state index in [0.717, 1.165) is 24.8 Å². The molecule has 4 aliphatic carbocycles. The van der Waals surface area contributed by atoms with Crippen LogP contribution in [0.2, 0.25) is 0 Å². The topological polar surface area (TPSA) is 72.7 Å². The molecule has 0 radical (unpaired) electrons. The van der Waals surface area contributed by atoms with Crippen LogP contribution in [0.15, 0.2) is 23.8 Å². The van der Waals surface area contributed by atoms with E-state index in [1.807, 2.05) is 33.2 Å². The van der Waals surface area contributed by atoms with Crippen LogP contribution < -0.4 is 5.32 Å². The third-order valence-corrected chi connectivity index (χ3v) is 7.16. The van der Waals surface area contributed by atoms with Crippen molar-refractivity contribution >= 4 is 0 Å². The number of aliphatic hydroxyl groups excluding tert-OH is 1. The lowest BCUT2D eigenvalue weighted by molar-refractivity contribution is -0.232. The van der Waals surface area contributed by atoms with Gasteiger partial charge in [-0.05, 0) is 76.5 Å². The maximum atomic E-state index is 15.1. The molecule has 0 heterocycles. The largest absolute Gasteiger partial charge is 0.393 e. The van der Waals surface area contributed by atoms with Crippen molar-refractivity contribution in [2.45, 2.75) is 75.3 Å². The van der Waals surface area contributed by atoms with Crippen molar-refractivity contribution in [3.63, 3.8) is 0 Å². The lowest BCUT2D eigenvalue weighted by Crippen LogP contribution is -2.68. The Morgan fingerprint density at radius 1 is 1.19 bits per heavy atom. The Morgan fingerprint density at radius 2 is 1.88 bits per heavy atom. The molecule has 5 heteroatoms. The summed E-state index contributed by atoms with van der Waals surface area (Å²) in [6, 6.07) is 0. The molecule has 4 nitrogen and oxygen atoms in total. The van der Waals surface area contributed by atoms with Gasteiger partial charge >= 0.3 is 0 Å². The second kappa shape index (κ2) is 7.01. The van der Waals surface area contributed by atoms with Crippen LogP contribution in [0.5, 0.6) is 0 Å². The van der Waals surface area contributed by atoms with Gasteiger partial charge in [0.25, 0.3) is 0 Å². The molecule has 0 aliphatic heterocycles. The Kier molecular flexibility index (Phi) is 5.39. The highest BCUT2D eigenvalue weighted by Crippen LogP contribution is 2.60. The van der Waals surface area contributed by atoms with Crippen LogP contribution in [0.1, 0.15) is 51.9 Å². The molecule has 0 aromatic heterocycles. The maximum Gasteiger partial charge on any atom is 0.143 e. The molecule has 7 atom stereocenters. The highest BCUT2D eigenvalue weighted by Gasteiger charge is 2.67. The van der Waals surface area contributed by atoms with Gasteiger partial charge in [0.05, 0.1) is 6.10 Å². The highest BCUT2D eigenvalue weighted by atomic mass is 19.1. The van der Waals surface area contributed by atoms with E-state index in [1.165, 1.54) is 0 Å². The van der Waals surface area contributed by atoms with E-state index in [9.17, 15) is 15.3 Å². The van der Waals surface area contributed by atoms with E-state index in [4.69, 9.17) is 0 Å². The highest BCUT2D eigenvalue weighted by molar-refractivity contribution is 5.33. The third-order valence-electron chi connectivity index (χ3n) is 7.16. The summed E-state index contributed by atoms with van der Waals surface area (Å²) in [6.07, 6.45) is 7.98. The lowest BCUT2D eigenvalue weighted by Gasteiger charge is -2.56. The molecule has 2 saturated carbocycles. The molecule has 6 unspecified atom stereocenters. The van der Waals surface area contributed by atoms with Gasteiger partial charge in [0.2, 0.25) is 0 Å². The Hall–Kier alpha value is -0.750. The van der Waals surface area contributed by atoms with Crippen LogP contribution in [0.3, 0.4) is 0 Å². The number of allylic oxidation sites excluding steroid dienone is 2. The predicted octanol–water partition coefficient (Wildman–Crippen LogP) is 2.49.